The summed E-state index contributed by atoms with van der Waals surface area (Å²) in [5.41, 5.74) is 5.08. The van der Waals surface area contributed by atoms with Crippen molar-refractivity contribution in [2.75, 3.05) is 0 Å². The van der Waals surface area contributed by atoms with E-state index >= 15 is 0 Å². The summed E-state index contributed by atoms with van der Waals surface area (Å²) >= 11 is 0. The molecule has 208 valence electrons. The summed E-state index contributed by atoms with van der Waals surface area (Å²) < 4.78 is 83.2. The minimum Gasteiger partial charge on any atom is -0.303 e. The standard InChI is InChI=1S/C31H22F6N4/c1-18-11-13-40-24(28(38-26(40)15-18)20-3-7-22(8-4-20)30(32,33)34)17-25-29(39-27-16-19(2)12-14-41(25)27)21-5-9-23(10-6-21)31(35,36)37/h3-16H,17H2,1-2H3. The number of hydrogen-bond acceptors (Lipinski definition) is 2. The van der Waals surface area contributed by atoms with Crippen molar-refractivity contribution in [1.82, 2.24) is 18.8 Å². The van der Waals surface area contributed by atoms with E-state index in [4.69, 9.17) is 9.97 Å². The van der Waals surface area contributed by atoms with Crippen molar-refractivity contribution in [3.63, 3.8) is 0 Å². The topological polar surface area (TPSA) is 34.6 Å². The van der Waals surface area contributed by atoms with Gasteiger partial charge in [0.05, 0.1) is 33.9 Å². The molecule has 0 fully saturated rings. The Kier molecular flexibility index (Phi) is 6.17. The number of aromatic nitrogens is 4. The Balaban J connectivity index is 1.54. The van der Waals surface area contributed by atoms with Crippen LogP contribution in [-0.4, -0.2) is 18.8 Å². The summed E-state index contributed by atoms with van der Waals surface area (Å²) in [6.07, 6.45) is -4.98. The summed E-state index contributed by atoms with van der Waals surface area (Å²) in [6.45, 7) is 3.84. The van der Waals surface area contributed by atoms with E-state index in [9.17, 15) is 26.3 Å². The van der Waals surface area contributed by atoms with Gasteiger partial charge in [-0.05, 0) is 73.5 Å². The fourth-order valence-electron chi connectivity index (χ4n) is 4.99. The van der Waals surface area contributed by atoms with E-state index < -0.39 is 23.5 Å². The van der Waals surface area contributed by atoms with Gasteiger partial charge in [-0.1, -0.05) is 24.3 Å². The smallest absolute Gasteiger partial charge is 0.303 e. The molecule has 0 aliphatic heterocycles. The minimum atomic E-state index is -4.47. The third-order valence-electron chi connectivity index (χ3n) is 7.07. The molecule has 0 saturated heterocycles. The Morgan fingerprint density at radius 2 is 0.927 bits per heavy atom. The van der Waals surface area contributed by atoms with E-state index in [2.05, 4.69) is 0 Å². The van der Waals surface area contributed by atoms with Crippen LogP contribution in [0, 0.1) is 13.8 Å². The van der Waals surface area contributed by atoms with Crippen molar-refractivity contribution < 1.29 is 26.3 Å². The molecule has 4 aromatic heterocycles. The number of hydrogen-bond donors (Lipinski definition) is 0. The Morgan fingerprint density at radius 1 is 0.561 bits per heavy atom. The number of halogens is 6. The molecule has 0 aliphatic rings. The Morgan fingerprint density at radius 3 is 1.27 bits per heavy atom. The van der Waals surface area contributed by atoms with Crippen LogP contribution in [0.2, 0.25) is 0 Å². The van der Waals surface area contributed by atoms with Gasteiger partial charge in [0.15, 0.2) is 0 Å². The van der Waals surface area contributed by atoms with Gasteiger partial charge in [0.25, 0.3) is 0 Å². The molecule has 0 spiro atoms. The summed E-state index contributed by atoms with van der Waals surface area (Å²) in [7, 11) is 0. The lowest BCUT2D eigenvalue weighted by molar-refractivity contribution is -0.138. The largest absolute Gasteiger partial charge is 0.416 e. The zero-order valence-electron chi connectivity index (χ0n) is 21.8. The molecular formula is C31H22F6N4. The number of nitrogens with zero attached hydrogens (tertiary/aromatic N) is 4. The Hall–Kier alpha value is -4.60. The molecule has 0 saturated carbocycles. The van der Waals surface area contributed by atoms with Crippen LogP contribution in [0.5, 0.6) is 0 Å². The maximum Gasteiger partial charge on any atom is 0.416 e. The van der Waals surface area contributed by atoms with Gasteiger partial charge in [0.2, 0.25) is 0 Å². The molecule has 41 heavy (non-hydrogen) atoms. The van der Waals surface area contributed by atoms with Crippen LogP contribution in [0.4, 0.5) is 26.3 Å². The normalized spacial score (nSPS) is 12.5. The Bertz CT molecular complexity index is 1750. The summed E-state index contributed by atoms with van der Waals surface area (Å²) in [5, 5.41) is 0. The number of pyridine rings is 2. The van der Waals surface area contributed by atoms with Crippen LogP contribution < -0.4 is 0 Å². The third kappa shape index (κ3) is 4.94. The van der Waals surface area contributed by atoms with Gasteiger partial charge in [-0.3, -0.25) is 0 Å². The van der Waals surface area contributed by atoms with E-state index in [0.717, 1.165) is 35.4 Å². The molecule has 0 amide bonds. The molecule has 0 radical (unpaired) electrons. The van der Waals surface area contributed by atoms with Gasteiger partial charge in [-0.25, -0.2) is 9.97 Å². The first-order chi connectivity index (χ1) is 19.4. The van der Waals surface area contributed by atoms with E-state index in [1.165, 1.54) is 24.3 Å². The summed E-state index contributed by atoms with van der Waals surface area (Å²) in [5.74, 6) is 0. The highest BCUT2D eigenvalue weighted by atomic mass is 19.4. The second kappa shape index (κ2) is 9.50. The van der Waals surface area contributed by atoms with Gasteiger partial charge in [0.1, 0.15) is 11.3 Å². The minimum absolute atomic E-state index is 0.251. The first kappa shape index (κ1) is 26.6. The van der Waals surface area contributed by atoms with Crippen molar-refractivity contribution in [2.45, 2.75) is 32.6 Å². The van der Waals surface area contributed by atoms with Gasteiger partial charge in [0, 0.05) is 29.9 Å². The molecule has 6 aromatic rings. The highest BCUT2D eigenvalue weighted by Gasteiger charge is 2.31. The third-order valence-corrected chi connectivity index (χ3v) is 7.07. The molecule has 0 unspecified atom stereocenters. The molecule has 10 heteroatoms. The number of alkyl halides is 6. The lowest BCUT2D eigenvalue weighted by atomic mass is 10.0. The van der Waals surface area contributed by atoms with Crippen LogP contribution in [0.3, 0.4) is 0 Å². The van der Waals surface area contributed by atoms with Gasteiger partial charge < -0.3 is 8.80 Å². The second-order valence-corrected chi connectivity index (χ2v) is 10.0. The van der Waals surface area contributed by atoms with Gasteiger partial charge in [-0.2, -0.15) is 26.3 Å². The van der Waals surface area contributed by atoms with Crippen molar-refractivity contribution >= 4 is 11.3 Å². The maximum atomic E-state index is 13.2. The highest BCUT2D eigenvalue weighted by Crippen LogP contribution is 2.36. The molecule has 4 nitrogen and oxygen atoms in total. The van der Waals surface area contributed by atoms with Crippen LogP contribution in [-0.2, 0) is 18.8 Å². The predicted octanol–water partition coefficient (Wildman–Crippen LogP) is 8.56. The van der Waals surface area contributed by atoms with Crippen LogP contribution in [0.15, 0.2) is 85.2 Å². The monoisotopic (exact) mass is 564 g/mol. The highest BCUT2D eigenvalue weighted by molar-refractivity contribution is 5.71. The lowest BCUT2D eigenvalue weighted by Gasteiger charge is -2.11. The van der Waals surface area contributed by atoms with Crippen LogP contribution >= 0.6 is 0 Å². The quantitative estimate of drug-likeness (QED) is 0.201. The van der Waals surface area contributed by atoms with Crippen LogP contribution in [0.1, 0.15) is 33.6 Å². The van der Waals surface area contributed by atoms with Crippen LogP contribution in [0.25, 0.3) is 33.8 Å². The summed E-state index contributed by atoms with van der Waals surface area (Å²) in [6, 6.07) is 17.3. The molecular weight excluding hydrogens is 542 g/mol. The average Bonchev–Trinajstić information content (AvgIpc) is 3.45. The number of fused-ring (bicyclic) bond motifs is 2. The van der Waals surface area contributed by atoms with E-state index in [1.807, 2.05) is 59.3 Å². The van der Waals surface area contributed by atoms with E-state index in [-0.39, 0.29) is 6.42 Å². The van der Waals surface area contributed by atoms with E-state index in [0.29, 0.717) is 45.2 Å². The predicted molar refractivity (Wildman–Crippen MR) is 144 cm³/mol. The van der Waals surface area contributed by atoms with Crippen molar-refractivity contribution in [2.24, 2.45) is 0 Å². The number of aryl methyl sites for hydroxylation is 2. The molecule has 0 atom stereocenters. The Labute approximate surface area is 230 Å². The number of rotatable bonds is 4. The molecule has 0 N–H and O–H groups in total. The number of benzene rings is 2. The van der Waals surface area contributed by atoms with Gasteiger partial charge in [-0.15, -0.1) is 0 Å². The zero-order valence-corrected chi connectivity index (χ0v) is 21.8. The number of imidazole rings is 2. The molecule has 6 rings (SSSR count). The zero-order chi connectivity index (χ0) is 29.1. The van der Waals surface area contributed by atoms with Crippen molar-refractivity contribution in [3.8, 4) is 22.5 Å². The van der Waals surface area contributed by atoms with Gasteiger partial charge >= 0.3 is 12.4 Å². The first-order valence-electron chi connectivity index (χ1n) is 12.7. The molecule has 0 bridgehead atoms. The average molecular weight is 565 g/mol. The van der Waals surface area contributed by atoms with E-state index in [1.54, 1.807) is 0 Å². The van der Waals surface area contributed by atoms with Crippen molar-refractivity contribution in [3.05, 3.63) is 119 Å². The maximum absolute atomic E-state index is 13.2. The SMILES string of the molecule is Cc1ccn2c(Cc3c(-c4ccc(C(F)(F)F)cc4)nc4cc(C)ccn34)c(-c3ccc(C(F)(F)F)cc3)nc2c1. The molecule has 0 aliphatic carbocycles. The lowest BCUT2D eigenvalue weighted by Crippen LogP contribution is -2.05. The first-order valence-corrected chi connectivity index (χ1v) is 12.7. The molecule has 2 aromatic carbocycles. The second-order valence-electron chi connectivity index (χ2n) is 10.0. The summed E-state index contributed by atoms with van der Waals surface area (Å²) in [4.78, 5) is 9.56. The fourth-order valence-corrected chi connectivity index (χ4v) is 4.99. The fraction of sp³-hybridized carbons (Fsp3) is 0.161. The molecule has 4 heterocycles. The van der Waals surface area contributed by atoms with Crippen molar-refractivity contribution in [1.29, 1.82) is 0 Å².